The quantitative estimate of drug-likeness (QED) is 0.581. The molecule has 0 bridgehead atoms. The number of hydrogen-bond acceptors (Lipinski definition) is 6. The lowest BCUT2D eigenvalue weighted by molar-refractivity contribution is -0.127. The number of pyridine rings is 1. The van der Waals surface area contributed by atoms with Crippen LogP contribution in [-0.2, 0) is 11.2 Å². The molecule has 4 rings (SSSR count). The number of benzene rings is 1. The zero-order chi connectivity index (χ0) is 24.2. The molecule has 1 aromatic heterocycles. The van der Waals surface area contributed by atoms with Crippen molar-refractivity contribution in [2.45, 2.75) is 52.0 Å². The number of fused-ring (bicyclic) bond motifs is 2. The topological polar surface area (TPSA) is 127 Å². The number of aliphatic imine (C=N–C) groups is 1. The van der Waals surface area contributed by atoms with Gasteiger partial charge in [-0.2, -0.15) is 0 Å². The van der Waals surface area contributed by atoms with Gasteiger partial charge in [0, 0.05) is 47.9 Å². The lowest BCUT2D eigenvalue weighted by atomic mass is 10.0. The molecular weight excluding hydrogens is 428 g/mol. The Labute approximate surface area is 200 Å². The average molecular weight is 461 g/mol. The van der Waals surface area contributed by atoms with Gasteiger partial charge in [0.25, 0.3) is 5.91 Å². The number of aromatic nitrogens is 1. The van der Waals surface area contributed by atoms with Crippen LogP contribution < -0.4 is 16.8 Å². The van der Waals surface area contributed by atoms with Crippen molar-refractivity contribution in [3.05, 3.63) is 58.4 Å². The monoisotopic (exact) mass is 460 g/mol. The van der Waals surface area contributed by atoms with Crippen LogP contribution in [0.15, 0.2) is 41.0 Å². The predicted molar refractivity (Wildman–Crippen MR) is 135 cm³/mol. The van der Waals surface area contributed by atoms with E-state index in [0.29, 0.717) is 41.4 Å². The number of amidine groups is 1. The van der Waals surface area contributed by atoms with Crippen molar-refractivity contribution < 1.29 is 9.59 Å². The smallest absolute Gasteiger partial charge is 0.255 e. The molecule has 2 aliphatic rings. The van der Waals surface area contributed by atoms with Crippen molar-refractivity contribution in [3.63, 3.8) is 0 Å². The maximum atomic E-state index is 13.1. The fourth-order valence-corrected chi connectivity index (χ4v) is 4.49. The molecule has 1 aliphatic carbocycles. The Bertz CT molecular complexity index is 1160. The SMILES string of the molecule is CCCN(CCC)C(=O)C1=Cc2ccc(C(=O)Nc3cnc4c(c3)C(N)CC4)cc2N=C(N)C1. The van der Waals surface area contributed by atoms with Crippen LogP contribution in [0, 0.1) is 0 Å². The highest BCUT2D eigenvalue weighted by Crippen LogP contribution is 2.31. The number of nitrogens with zero attached hydrogens (tertiary/aromatic N) is 3. The molecule has 2 amide bonds. The minimum absolute atomic E-state index is 0.0150. The van der Waals surface area contributed by atoms with Gasteiger partial charge in [0.2, 0.25) is 5.91 Å². The molecule has 0 saturated carbocycles. The van der Waals surface area contributed by atoms with Gasteiger partial charge in [-0.3, -0.25) is 14.6 Å². The third-order valence-corrected chi connectivity index (χ3v) is 6.16. The van der Waals surface area contributed by atoms with E-state index >= 15 is 0 Å². The number of hydrogen-bond donors (Lipinski definition) is 3. The normalized spacial score (nSPS) is 16.6. The first kappa shape index (κ1) is 23.6. The summed E-state index contributed by atoms with van der Waals surface area (Å²) in [6.45, 7) is 5.52. The van der Waals surface area contributed by atoms with Gasteiger partial charge in [0.1, 0.15) is 5.84 Å². The predicted octanol–water partition coefficient (Wildman–Crippen LogP) is 3.70. The van der Waals surface area contributed by atoms with Crippen LogP contribution in [0.2, 0.25) is 0 Å². The van der Waals surface area contributed by atoms with Gasteiger partial charge in [-0.15, -0.1) is 0 Å². The van der Waals surface area contributed by atoms with Crippen LogP contribution in [0.5, 0.6) is 0 Å². The summed E-state index contributed by atoms with van der Waals surface area (Å²) in [6.07, 6.45) is 7.30. The number of aryl methyl sites for hydroxylation is 1. The van der Waals surface area contributed by atoms with E-state index in [9.17, 15) is 9.59 Å². The van der Waals surface area contributed by atoms with E-state index in [1.807, 2.05) is 17.0 Å². The second-order valence-corrected chi connectivity index (χ2v) is 8.87. The number of carbonyl (C=O) groups is 2. The first-order chi connectivity index (χ1) is 16.4. The molecule has 8 nitrogen and oxygen atoms in total. The third kappa shape index (κ3) is 5.02. The Kier molecular flexibility index (Phi) is 7.07. The molecule has 0 radical (unpaired) electrons. The Balaban J connectivity index is 1.57. The summed E-state index contributed by atoms with van der Waals surface area (Å²) in [4.78, 5) is 36.9. The fourth-order valence-electron chi connectivity index (χ4n) is 4.49. The summed E-state index contributed by atoms with van der Waals surface area (Å²) >= 11 is 0. The summed E-state index contributed by atoms with van der Waals surface area (Å²) in [5.41, 5.74) is 17.3. The maximum absolute atomic E-state index is 13.1. The molecule has 0 spiro atoms. The van der Waals surface area contributed by atoms with E-state index in [1.54, 1.807) is 24.4 Å². The van der Waals surface area contributed by atoms with Gasteiger partial charge < -0.3 is 21.7 Å². The van der Waals surface area contributed by atoms with Gasteiger partial charge in [-0.1, -0.05) is 19.9 Å². The fraction of sp³-hybridized carbons (Fsp3) is 0.385. The minimum atomic E-state index is -0.272. The highest BCUT2D eigenvalue weighted by molar-refractivity contribution is 6.07. The Morgan fingerprint density at radius 3 is 2.68 bits per heavy atom. The Morgan fingerprint density at radius 1 is 1.18 bits per heavy atom. The van der Waals surface area contributed by atoms with Gasteiger partial charge in [-0.05, 0) is 55.5 Å². The summed E-state index contributed by atoms with van der Waals surface area (Å²) < 4.78 is 0. The average Bonchev–Trinajstić information content (AvgIpc) is 3.09. The summed E-state index contributed by atoms with van der Waals surface area (Å²) in [5, 5.41) is 2.90. The van der Waals surface area contributed by atoms with Crippen molar-refractivity contribution >= 4 is 35.1 Å². The number of amides is 2. The molecule has 2 aromatic rings. The third-order valence-electron chi connectivity index (χ3n) is 6.16. The number of nitrogens with one attached hydrogen (secondary N) is 1. The first-order valence-electron chi connectivity index (χ1n) is 11.9. The van der Waals surface area contributed by atoms with Crippen LogP contribution in [0.1, 0.15) is 72.8 Å². The lowest BCUT2D eigenvalue weighted by Gasteiger charge is -2.22. The van der Waals surface area contributed by atoms with Crippen LogP contribution in [-0.4, -0.2) is 40.6 Å². The summed E-state index contributed by atoms with van der Waals surface area (Å²) in [7, 11) is 0. The molecule has 1 aliphatic heterocycles. The van der Waals surface area contributed by atoms with Gasteiger partial charge in [0.15, 0.2) is 0 Å². The molecule has 34 heavy (non-hydrogen) atoms. The van der Waals surface area contributed by atoms with Crippen LogP contribution in [0.25, 0.3) is 6.08 Å². The van der Waals surface area contributed by atoms with Crippen molar-refractivity contribution in [2.24, 2.45) is 16.5 Å². The van der Waals surface area contributed by atoms with Crippen LogP contribution in [0.3, 0.4) is 0 Å². The van der Waals surface area contributed by atoms with E-state index in [4.69, 9.17) is 11.5 Å². The highest BCUT2D eigenvalue weighted by atomic mass is 16.2. The Hall–Kier alpha value is -3.52. The molecule has 8 heteroatoms. The lowest BCUT2D eigenvalue weighted by Crippen LogP contribution is -2.34. The largest absolute Gasteiger partial charge is 0.387 e. The van der Waals surface area contributed by atoms with Crippen molar-refractivity contribution in [2.75, 3.05) is 18.4 Å². The standard InChI is InChI=1S/C26H32N6O2/c1-3-9-32(10-4-2)26(34)18-11-16-5-6-17(12-23(16)31-24(28)13-18)25(33)30-19-14-20-21(27)7-8-22(20)29-15-19/h5-6,11-12,14-15,21H,3-4,7-10,13,27H2,1-2H3,(H2,28,31)(H,30,33). The number of anilines is 1. The number of nitrogens with two attached hydrogens (primary N) is 2. The van der Waals surface area contributed by atoms with E-state index in [1.165, 1.54) is 0 Å². The molecule has 5 N–H and O–H groups in total. The van der Waals surface area contributed by atoms with E-state index in [-0.39, 0.29) is 24.3 Å². The molecular formula is C26H32N6O2. The zero-order valence-corrected chi connectivity index (χ0v) is 19.8. The van der Waals surface area contributed by atoms with Crippen molar-refractivity contribution in [3.8, 4) is 0 Å². The van der Waals surface area contributed by atoms with Gasteiger partial charge >= 0.3 is 0 Å². The zero-order valence-electron chi connectivity index (χ0n) is 19.8. The molecule has 1 atom stereocenters. The molecule has 1 aromatic carbocycles. The molecule has 178 valence electrons. The highest BCUT2D eigenvalue weighted by Gasteiger charge is 2.23. The first-order valence-corrected chi connectivity index (χ1v) is 11.9. The molecule has 0 saturated heterocycles. The van der Waals surface area contributed by atoms with Crippen LogP contribution >= 0.6 is 0 Å². The molecule has 1 unspecified atom stereocenters. The van der Waals surface area contributed by atoms with E-state index < -0.39 is 0 Å². The minimum Gasteiger partial charge on any atom is -0.387 e. The van der Waals surface area contributed by atoms with Gasteiger partial charge in [0.05, 0.1) is 17.6 Å². The van der Waals surface area contributed by atoms with E-state index in [0.717, 1.165) is 42.5 Å². The summed E-state index contributed by atoms with van der Waals surface area (Å²) in [5.74, 6) is 0.0611. The van der Waals surface area contributed by atoms with Gasteiger partial charge in [-0.25, -0.2) is 4.99 Å². The van der Waals surface area contributed by atoms with Crippen molar-refractivity contribution in [1.82, 2.24) is 9.88 Å². The number of rotatable bonds is 7. The second-order valence-electron chi connectivity index (χ2n) is 8.87. The maximum Gasteiger partial charge on any atom is 0.255 e. The Morgan fingerprint density at radius 2 is 1.94 bits per heavy atom. The second kappa shape index (κ2) is 10.2. The molecule has 0 fully saturated rings. The summed E-state index contributed by atoms with van der Waals surface area (Å²) in [6, 6.07) is 7.09. The van der Waals surface area contributed by atoms with E-state index in [2.05, 4.69) is 29.1 Å². The number of carbonyl (C=O) groups excluding carboxylic acids is 2. The van der Waals surface area contributed by atoms with Crippen LogP contribution in [0.4, 0.5) is 11.4 Å². The molecule has 2 heterocycles. The van der Waals surface area contributed by atoms with Crippen molar-refractivity contribution in [1.29, 1.82) is 0 Å².